The first-order valence-electron chi connectivity index (χ1n) is 5.64. The van der Waals surface area contributed by atoms with Gasteiger partial charge in [-0.2, -0.15) is 0 Å². The number of anilines is 1. The van der Waals surface area contributed by atoms with Crippen LogP contribution < -0.4 is 5.32 Å². The molecule has 0 bridgehead atoms. The van der Waals surface area contributed by atoms with Crippen molar-refractivity contribution in [2.45, 2.75) is 26.4 Å². The molecule has 1 amide bonds. The molecule has 0 saturated carbocycles. The number of esters is 1. The van der Waals surface area contributed by atoms with Crippen LogP contribution in [-0.4, -0.2) is 17.5 Å². The molecule has 0 spiro atoms. The maximum atomic E-state index is 11.5. The van der Waals surface area contributed by atoms with Gasteiger partial charge in [-0.3, -0.25) is 4.79 Å². The van der Waals surface area contributed by atoms with Gasteiger partial charge in [0.2, 0.25) is 5.91 Å². The summed E-state index contributed by atoms with van der Waals surface area (Å²) in [7, 11) is 0. The van der Waals surface area contributed by atoms with Gasteiger partial charge in [-0.1, -0.05) is 18.2 Å². The lowest BCUT2D eigenvalue weighted by Crippen LogP contribution is -2.22. The average molecular weight is 247 g/mol. The molecule has 0 saturated heterocycles. The van der Waals surface area contributed by atoms with Crippen LogP contribution in [0.15, 0.2) is 42.5 Å². The van der Waals surface area contributed by atoms with Gasteiger partial charge in [-0.05, 0) is 32.9 Å². The number of rotatable bonds is 3. The fraction of sp³-hybridized carbons (Fsp3) is 0.286. The fourth-order valence-corrected chi connectivity index (χ4v) is 1.18. The Labute approximate surface area is 107 Å². The van der Waals surface area contributed by atoms with E-state index in [1.54, 1.807) is 32.9 Å². The number of para-hydroxylation sites is 1. The van der Waals surface area contributed by atoms with Gasteiger partial charge >= 0.3 is 5.97 Å². The molecule has 0 aliphatic rings. The normalized spacial score (nSPS) is 11.3. The first-order valence-corrected chi connectivity index (χ1v) is 5.64. The van der Waals surface area contributed by atoms with E-state index in [0.717, 1.165) is 12.2 Å². The lowest BCUT2D eigenvalue weighted by Gasteiger charge is -2.17. The van der Waals surface area contributed by atoms with Crippen LogP contribution in [0.4, 0.5) is 5.69 Å². The Balaban J connectivity index is 2.48. The molecule has 0 aliphatic heterocycles. The summed E-state index contributed by atoms with van der Waals surface area (Å²) in [6.45, 7) is 5.30. The Bertz CT molecular complexity index is 444. The molecule has 0 heterocycles. The van der Waals surface area contributed by atoms with Crippen molar-refractivity contribution in [3.05, 3.63) is 42.5 Å². The van der Waals surface area contributed by atoms with Crippen molar-refractivity contribution in [1.82, 2.24) is 0 Å². The number of ether oxygens (including phenoxy) is 1. The third-order valence-electron chi connectivity index (χ3n) is 1.82. The van der Waals surface area contributed by atoms with Gasteiger partial charge in [0.05, 0.1) is 0 Å². The number of amides is 1. The molecule has 1 N–H and O–H groups in total. The number of benzene rings is 1. The first-order chi connectivity index (χ1) is 8.37. The molecular weight excluding hydrogens is 230 g/mol. The molecule has 0 unspecified atom stereocenters. The summed E-state index contributed by atoms with van der Waals surface area (Å²) < 4.78 is 5.03. The van der Waals surface area contributed by atoms with E-state index in [0.29, 0.717) is 5.69 Å². The lowest BCUT2D eigenvalue weighted by molar-refractivity contribution is -0.148. The van der Waals surface area contributed by atoms with Gasteiger partial charge in [0, 0.05) is 17.8 Å². The Morgan fingerprint density at radius 3 is 2.28 bits per heavy atom. The third-order valence-corrected chi connectivity index (χ3v) is 1.82. The van der Waals surface area contributed by atoms with Crippen LogP contribution in [0.2, 0.25) is 0 Å². The summed E-state index contributed by atoms with van der Waals surface area (Å²) in [5, 5.41) is 2.63. The largest absolute Gasteiger partial charge is 0.457 e. The molecule has 4 heteroatoms. The molecule has 1 aromatic carbocycles. The summed E-state index contributed by atoms with van der Waals surface area (Å²) >= 11 is 0. The Morgan fingerprint density at radius 2 is 1.72 bits per heavy atom. The van der Waals surface area contributed by atoms with Gasteiger partial charge in [0.1, 0.15) is 5.60 Å². The minimum atomic E-state index is -0.558. The van der Waals surface area contributed by atoms with Gasteiger partial charge in [-0.15, -0.1) is 0 Å². The second-order valence-electron chi connectivity index (χ2n) is 4.72. The maximum Gasteiger partial charge on any atom is 0.331 e. The van der Waals surface area contributed by atoms with Gasteiger partial charge in [0.15, 0.2) is 0 Å². The number of hydrogen-bond acceptors (Lipinski definition) is 3. The minimum Gasteiger partial charge on any atom is -0.457 e. The topological polar surface area (TPSA) is 55.4 Å². The van der Waals surface area contributed by atoms with Crippen LogP contribution in [0.1, 0.15) is 20.8 Å². The summed E-state index contributed by atoms with van der Waals surface area (Å²) in [5.41, 5.74) is 0.119. The summed E-state index contributed by atoms with van der Waals surface area (Å²) in [5.74, 6) is -0.905. The van der Waals surface area contributed by atoms with Gasteiger partial charge in [-0.25, -0.2) is 4.79 Å². The highest BCUT2D eigenvalue weighted by Gasteiger charge is 2.14. The quantitative estimate of drug-likeness (QED) is 0.659. The number of hydrogen-bond donors (Lipinski definition) is 1. The van der Waals surface area contributed by atoms with E-state index >= 15 is 0 Å². The number of carbonyl (C=O) groups excluding carboxylic acids is 2. The highest BCUT2D eigenvalue weighted by atomic mass is 16.6. The van der Waals surface area contributed by atoms with Crippen molar-refractivity contribution in [1.29, 1.82) is 0 Å². The monoisotopic (exact) mass is 247 g/mol. The highest BCUT2D eigenvalue weighted by molar-refractivity contribution is 6.02. The van der Waals surface area contributed by atoms with Crippen molar-refractivity contribution in [3.8, 4) is 0 Å². The average Bonchev–Trinajstić information content (AvgIpc) is 2.25. The van der Waals surface area contributed by atoms with Crippen molar-refractivity contribution in [3.63, 3.8) is 0 Å². The molecule has 0 aliphatic carbocycles. The smallest absolute Gasteiger partial charge is 0.331 e. The zero-order valence-electron chi connectivity index (χ0n) is 10.8. The third kappa shape index (κ3) is 5.84. The molecule has 4 nitrogen and oxygen atoms in total. The van der Waals surface area contributed by atoms with E-state index in [1.165, 1.54) is 0 Å². The maximum absolute atomic E-state index is 11.5. The lowest BCUT2D eigenvalue weighted by atomic mass is 10.2. The summed E-state index contributed by atoms with van der Waals surface area (Å²) in [4.78, 5) is 22.8. The van der Waals surface area contributed by atoms with Crippen molar-refractivity contribution >= 4 is 17.6 Å². The van der Waals surface area contributed by atoms with E-state index < -0.39 is 11.6 Å². The molecule has 1 aromatic rings. The van der Waals surface area contributed by atoms with Crippen molar-refractivity contribution in [2.75, 3.05) is 5.32 Å². The van der Waals surface area contributed by atoms with Crippen LogP contribution in [0.5, 0.6) is 0 Å². The molecule has 1 rings (SSSR count). The second kappa shape index (κ2) is 6.00. The van der Waals surface area contributed by atoms with E-state index in [-0.39, 0.29) is 5.91 Å². The standard InChI is InChI=1S/C14H17NO3/c1-14(2,3)18-13(17)10-9-12(16)15-11-7-5-4-6-8-11/h4-10H,1-3H3,(H,15,16)/b10-9-. The highest BCUT2D eigenvalue weighted by Crippen LogP contribution is 2.07. The van der Waals surface area contributed by atoms with Gasteiger partial charge in [0.25, 0.3) is 0 Å². The SMILES string of the molecule is CC(C)(C)OC(=O)/C=C\C(=O)Nc1ccccc1. The van der Waals surface area contributed by atoms with Crippen LogP contribution in [0.25, 0.3) is 0 Å². The first kappa shape index (κ1) is 14.0. The Morgan fingerprint density at radius 1 is 1.11 bits per heavy atom. The molecule has 0 aromatic heterocycles. The van der Waals surface area contributed by atoms with Crippen LogP contribution in [-0.2, 0) is 14.3 Å². The number of nitrogens with one attached hydrogen (secondary N) is 1. The molecule has 0 fully saturated rings. The van der Waals surface area contributed by atoms with Gasteiger partial charge < -0.3 is 10.1 Å². The van der Waals surface area contributed by atoms with Crippen molar-refractivity contribution in [2.24, 2.45) is 0 Å². The predicted molar refractivity (Wildman–Crippen MR) is 70.1 cm³/mol. The van der Waals surface area contributed by atoms with E-state index in [9.17, 15) is 9.59 Å². The Kier molecular flexibility index (Phi) is 4.66. The molecule has 0 atom stereocenters. The van der Waals surface area contributed by atoms with Crippen LogP contribution in [0.3, 0.4) is 0 Å². The summed E-state index contributed by atoms with van der Waals surface area (Å²) in [6, 6.07) is 9.00. The molecule has 96 valence electrons. The second-order valence-corrected chi connectivity index (χ2v) is 4.72. The van der Waals surface area contributed by atoms with E-state index in [2.05, 4.69) is 5.32 Å². The predicted octanol–water partition coefficient (Wildman–Crippen LogP) is 2.52. The number of carbonyl (C=O) groups is 2. The minimum absolute atomic E-state index is 0.368. The van der Waals surface area contributed by atoms with Crippen LogP contribution in [0, 0.1) is 0 Å². The summed E-state index contributed by atoms with van der Waals surface area (Å²) in [6.07, 6.45) is 2.27. The zero-order valence-corrected chi connectivity index (χ0v) is 10.8. The van der Waals surface area contributed by atoms with E-state index in [4.69, 9.17) is 4.74 Å². The van der Waals surface area contributed by atoms with Crippen LogP contribution >= 0.6 is 0 Å². The zero-order chi connectivity index (χ0) is 13.6. The molecule has 18 heavy (non-hydrogen) atoms. The molecular formula is C14H17NO3. The fourth-order valence-electron chi connectivity index (χ4n) is 1.18. The van der Waals surface area contributed by atoms with E-state index in [1.807, 2.05) is 18.2 Å². The Hall–Kier alpha value is -2.10. The van der Waals surface area contributed by atoms with Crippen molar-refractivity contribution < 1.29 is 14.3 Å². The molecule has 0 radical (unpaired) electrons.